The van der Waals surface area contributed by atoms with Gasteiger partial charge >= 0.3 is 0 Å². The highest BCUT2D eigenvalue weighted by atomic mass is 15.2. The number of nitrogens with zero attached hydrogens (tertiary/aromatic N) is 3. The summed E-state index contributed by atoms with van der Waals surface area (Å²) in [5.41, 5.74) is 2.20. The van der Waals surface area contributed by atoms with Crippen LogP contribution in [0.3, 0.4) is 0 Å². The van der Waals surface area contributed by atoms with E-state index >= 15 is 0 Å². The molecule has 0 bridgehead atoms. The predicted octanol–water partition coefficient (Wildman–Crippen LogP) is 1.68. The normalized spacial score (nSPS) is 19.6. The minimum Gasteiger partial charge on any atom is -0.369 e. The molecule has 1 aliphatic heterocycles. The van der Waals surface area contributed by atoms with Crippen LogP contribution in [0.4, 0.5) is 5.69 Å². The van der Waals surface area contributed by atoms with Crippen LogP contribution in [0.2, 0.25) is 0 Å². The van der Waals surface area contributed by atoms with E-state index in [9.17, 15) is 0 Å². The first-order valence-corrected chi connectivity index (χ1v) is 6.48. The second-order valence-electron chi connectivity index (χ2n) is 4.91. The van der Waals surface area contributed by atoms with Gasteiger partial charge in [0.1, 0.15) is 0 Å². The second kappa shape index (κ2) is 4.90. The fourth-order valence-electron chi connectivity index (χ4n) is 2.75. The maximum absolute atomic E-state index is 4.18. The van der Waals surface area contributed by atoms with Gasteiger partial charge < -0.3 is 10.2 Å². The van der Waals surface area contributed by atoms with E-state index in [0.717, 1.165) is 31.1 Å². The topological polar surface area (TPSA) is 41.0 Å². The molecular weight excluding hydrogens is 224 g/mol. The lowest BCUT2D eigenvalue weighted by molar-refractivity contribution is 0.549. The number of hydrogen-bond donors (Lipinski definition) is 1. The van der Waals surface area contributed by atoms with Crippen LogP contribution < -0.4 is 10.2 Å². The Kier molecular flexibility index (Phi) is 3.11. The summed E-state index contributed by atoms with van der Waals surface area (Å²) in [5.74, 6) is 0.738. The molecule has 1 N–H and O–H groups in total. The van der Waals surface area contributed by atoms with E-state index < -0.39 is 0 Å². The Morgan fingerprint density at radius 3 is 3.17 bits per heavy atom. The molecule has 0 saturated carbocycles. The zero-order valence-electron chi connectivity index (χ0n) is 10.6. The summed E-state index contributed by atoms with van der Waals surface area (Å²) in [6.07, 6.45) is 3.14. The molecule has 18 heavy (non-hydrogen) atoms. The molecule has 1 aromatic carbocycles. The molecule has 1 aromatic heterocycles. The lowest BCUT2D eigenvalue weighted by Crippen LogP contribution is -2.24. The third kappa shape index (κ3) is 2.04. The molecule has 1 aliphatic rings. The lowest BCUT2D eigenvalue weighted by atomic mass is 10.1. The first-order chi connectivity index (χ1) is 8.88. The van der Waals surface area contributed by atoms with Gasteiger partial charge in [0.25, 0.3) is 0 Å². The quantitative estimate of drug-likeness (QED) is 0.889. The van der Waals surface area contributed by atoms with E-state index in [1.165, 1.54) is 17.5 Å². The Bertz CT molecular complexity index is 535. The monoisotopic (exact) mass is 242 g/mol. The minimum atomic E-state index is 0.738. The zero-order chi connectivity index (χ0) is 12.4. The Hall–Kier alpha value is -1.68. The maximum atomic E-state index is 4.18. The Morgan fingerprint density at radius 1 is 1.39 bits per heavy atom. The number of benzene rings is 1. The third-order valence-corrected chi connectivity index (χ3v) is 3.64. The molecule has 1 atom stereocenters. The molecule has 1 unspecified atom stereocenters. The van der Waals surface area contributed by atoms with E-state index in [1.54, 1.807) is 0 Å². The molecule has 0 amide bonds. The van der Waals surface area contributed by atoms with Crippen molar-refractivity contribution >= 4 is 16.6 Å². The van der Waals surface area contributed by atoms with E-state index in [-0.39, 0.29) is 0 Å². The first kappa shape index (κ1) is 11.4. The van der Waals surface area contributed by atoms with Gasteiger partial charge in [-0.1, -0.05) is 18.2 Å². The number of fused-ring (bicyclic) bond motifs is 1. The fourth-order valence-corrected chi connectivity index (χ4v) is 2.75. The molecule has 1 fully saturated rings. The van der Waals surface area contributed by atoms with Crippen molar-refractivity contribution in [2.75, 3.05) is 31.6 Å². The van der Waals surface area contributed by atoms with Gasteiger partial charge in [0, 0.05) is 18.5 Å². The van der Waals surface area contributed by atoms with E-state index in [0.29, 0.717) is 0 Å². The van der Waals surface area contributed by atoms with Gasteiger partial charge in [-0.05, 0) is 32.0 Å². The standard InChI is InChI=1S/C14H18N4/c1-15-8-11-6-7-18(10-11)14-9-16-17-13-5-3-2-4-12(13)14/h2-5,9,11,15H,6-8,10H2,1H3. The predicted molar refractivity (Wildman–Crippen MR) is 73.8 cm³/mol. The Labute approximate surface area is 107 Å². The largest absolute Gasteiger partial charge is 0.369 e. The molecule has 4 heteroatoms. The summed E-state index contributed by atoms with van der Waals surface area (Å²) < 4.78 is 0. The highest BCUT2D eigenvalue weighted by Gasteiger charge is 2.23. The summed E-state index contributed by atoms with van der Waals surface area (Å²) >= 11 is 0. The minimum absolute atomic E-state index is 0.738. The highest BCUT2D eigenvalue weighted by molar-refractivity contribution is 5.90. The molecule has 2 aromatic rings. The van der Waals surface area contributed by atoms with Crippen LogP contribution in [-0.4, -0.2) is 36.9 Å². The van der Waals surface area contributed by atoms with Crippen LogP contribution in [0, 0.1) is 5.92 Å². The van der Waals surface area contributed by atoms with Gasteiger partial charge in [0.05, 0.1) is 17.4 Å². The summed E-state index contributed by atoms with van der Waals surface area (Å²) in [4.78, 5) is 2.43. The smallest absolute Gasteiger partial charge is 0.0950 e. The lowest BCUT2D eigenvalue weighted by Gasteiger charge is -2.19. The van der Waals surface area contributed by atoms with Crippen LogP contribution in [0.5, 0.6) is 0 Å². The van der Waals surface area contributed by atoms with Crippen molar-refractivity contribution in [2.24, 2.45) is 5.92 Å². The van der Waals surface area contributed by atoms with Crippen molar-refractivity contribution in [1.82, 2.24) is 15.5 Å². The summed E-state index contributed by atoms with van der Waals surface area (Å²) in [7, 11) is 2.02. The molecule has 2 heterocycles. The molecule has 94 valence electrons. The number of anilines is 1. The molecule has 0 radical (unpaired) electrons. The van der Waals surface area contributed by atoms with Crippen molar-refractivity contribution in [3.05, 3.63) is 30.5 Å². The second-order valence-corrected chi connectivity index (χ2v) is 4.91. The molecule has 4 nitrogen and oxygen atoms in total. The summed E-state index contributed by atoms with van der Waals surface area (Å²) in [6.45, 7) is 3.31. The molecule has 0 aliphatic carbocycles. The fraction of sp³-hybridized carbons (Fsp3) is 0.429. The van der Waals surface area contributed by atoms with Gasteiger partial charge in [-0.25, -0.2) is 0 Å². The zero-order valence-corrected chi connectivity index (χ0v) is 10.6. The van der Waals surface area contributed by atoms with Crippen molar-refractivity contribution in [3.8, 4) is 0 Å². The Morgan fingerprint density at radius 2 is 2.28 bits per heavy atom. The third-order valence-electron chi connectivity index (χ3n) is 3.64. The number of rotatable bonds is 3. The maximum Gasteiger partial charge on any atom is 0.0950 e. The van der Waals surface area contributed by atoms with Crippen molar-refractivity contribution in [1.29, 1.82) is 0 Å². The van der Waals surface area contributed by atoms with E-state index in [4.69, 9.17) is 0 Å². The van der Waals surface area contributed by atoms with E-state index in [1.807, 2.05) is 25.4 Å². The molecule has 1 saturated heterocycles. The van der Waals surface area contributed by atoms with Crippen LogP contribution in [0.1, 0.15) is 6.42 Å². The molecule has 3 rings (SSSR count). The summed E-state index contributed by atoms with van der Waals surface area (Å²) in [5, 5.41) is 12.8. The number of hydrogen-bond acceptors (Lipinski definition) is 4. The van der Waals surface area contributed by atoms with Gasteiger partial charge in [-0.2, -0.15) is 10.2 Å². The van der Waals surface area contributed by atoms with Crippen LogP contribution in [-0.2, 0) is 0 Å². The van der Waals surface area contributed by atoms with Crippen LogP contribution >= 0.6 is 0 Å². The van der Waals surface area contributed by atoms with Gasteiger partial charge in [0.15, 0.2) is 0 Å². The van der Waals surface area contributed by atoms with Crippen LogP contribution in [0.15, 0.2) is 30.5 Å². The Balaban J connectivity index is 1.91. The number of aromatic nitrogens is 2. The van der Waals surface area contributed by atoms with E-state index in [2.05, 4.69) is 32.5 Å². The highest BCUT2D eigenvalue weighted by Crippen LogP contribution is 2.28. The SMILES string of the molecule is CNCC1CCN(c2cnnc3ccccc23)C1. The van der Waals surface area contributed by atoms with Crippen molar-refractivity contribution < 1.29 is 0 Å². The van der Waals surface area contributed by atoms with Gasteiger partial charge in [-0.15, -0.1) is 0 Å². The van der Waals surface area contributed by atoms with Gasteiger partial charge in [0.2, 0.25) is 0 Å². The molecule has 0 spiro atoms. The number of nitrogens with one attached hydrogen (secondary N) is 1. The average molecular weight is 242 g/mol. The van der Waals surface area contributed by atoms with Crippen LogP contribution in [0.25, 0.3) is 10.9 Å². The van der Waals surface area contributed by atoms with Crippen molar-refractivity contribution in [2.45, 2.75) is 6.42 Å². The average Bonchev–Trinajstić information content (AvgIpc) is 2.87. The molecular formula is C14H18N4. The van der Waals surface area contributed by atoms with Gasteiger partial charge in [-0.3, -0.25) is 0 Å². The van der Waals surface area contributed by atoms with Crippen molar-refractivity contribution in [3.63, 3.8) is 0 Å². The summed E-state index contributed by atoms with van der Waals surface area (Å²) in [6, 6.07) is 8.22. The first-order valence-electron chi connectivity index (χ1n) is 6.48.